The second-order valence-corrected chi connectivity index (χ2v) is 7.57. The highest BCUT2D eigenvalue weighted by Gasteiger charge is 2.31. The first-order valence-electron chi connectivity index (χ1n) is 9.84. The van der Waals surface area contributed by atoms with Crippen molar-refractivity contribution in [2.45, 2.75) is 38.8 Å². The molecule has 1 aliphatic rings. The van der Waals surface area contributed by atoms with Crippen LogP contribution in [0.1, 0.15) is 36.8 Å². The van der Waals surface area contributed by atoms with Gasteiger partial charge in [0.05, 0.1) is 0 Å². The van der Waals surface area contributed by atoms with Crippen molar-refractivity contribution in [3.63, 3.8) is 0 Å². The van der Waals surface area contributed by atoms with E-state index in [2.05, 4.69) is 5.32 Å². The van der Waals surface area contributed by atoms with E-state index < -0.39 is 0 Å². The minimum absolute atomic E-state index is 0.00476. The van der Waals surface area contributed by atoms with E-state index in [1.54, 1.807) is 17.0 Å². The molecular weight excluding hydrogens is 355 g/mol. The molecule has 0 aromatic heterocycles. The molecule has 28 heavy (non-hydrogen) atoms. The van der Waals surface area contributed by atoms with Crippen LogP contribution in [0.25, 0.3) is 0 Å². The third kappa shape index (κ3) is 5.41. The lowest BCUT2D eigenvalue weighted by Crippen LogP contribution is -2.38. The van der Waals surface area contributed by atoms with E-state index in [9.17, 15) is 14.0 Å². The molecule has 1 aliphatic carbocycles. The summed E-state index contributed by atoms with van der Waals surface area (Å²) in [6.07, 6.45) is 2.94. The van der Waals surface area contributed by atoms with E-state index >= 15 is 0 Å². The number of carbonyl (C=O) groups excluding carboxylic acids is 2. The zero-order chi connectivity index (χ0) is 19.9. The number of rotatable bonds is 6. The monoisotopic (exact) mass is 382 g/mol. The SMILES string of the molecule is CN(Cc1ccccc1)C(=O)C1CCC(C(=O)NCc2ccc(F)cc2)CC1. The third-order valence-electron chi connectivity index (χ3n) is 5.47. The number of amides is 2. The standard InChI is InChI=1S/C23H27FN2O2/c1-26(16-18-5-3-2-4-6-18)23(28)20-11-9-19(10-12-20)22(27)25-15-17-7-13-21(24)14-8-17/h2-8,13-14,19-20H,9-12,15-16H2,1H3,(H,25,27). The van der Waals surface area contributed by atoms with Crippen LogP contribution >= 0.6 is 0 Å². The highest BCUT2D eigenvalue weighted by atomic mass is 19.1. The van der Waals surface area contributed by atoms with Crippen LogP contribution in [0, 0.1) is 17.7 Å². The van der Waals surface area contributed by atoms with Gasteiger partial charge in [-0.1, -0.05) is 42.5 Å². The second-order valence-electron chi connectivity index (χ2n) is 7.57. The Morgan fingerprint density at radius 1 is 0.929 bits per heavy atom. The Kier molecular flexibility index (Phi) is 6.80. The van der Waals surface area contributed by atoms with Gasteiger partial charge >= 0.3 is 0 Å². The number of hydrogen-bond donors (Lipinski definition) is 1. The molecule has 2 aromatic rings. The van der Waals surface area contributed by atoms with Crippen molar-refractivity contribution in [1.29, 1.82) is 0 Å². The Morgan fingerprint density at radius 2 is 1.54 bits per heavy atom. The highest BCUT2D eigenvalue weighted by molar-refractivity contribution is 5.81. The number of halogens is 1. The van der Waals surface area contributed by atoms with E-state index in [0.29, 0.717) is 13.1 Å². The number of nitrogens with one attached hydrogen (secondary N) is 1. The van der Waals surface area contributed by atoms with Crippen LogP contribution in [0.15, 0.2) is 54.6 Å². The van der Waals surface area contributed by atoms with Crippen LogP contribution < -0.4 is 5.32 Å². The van der Waals surface area contributed by atoms with Gasteiger partial charge in [0, 0.05) is 32.0 Å². The van der Waals surface area contributed by atoms with Crippen LogP contribution in [0.4, 0.5) is 4.39 Å². The number of carbonyl (C=O) groups is 2. The van der Waals surface area contributed by atoms with Gasteiger partial charge in [-0.15, -0.1) is 0 Å². The molecule has 3 rings (SSSR count). The molecule has 1 saturated carbocycles. The first kappa shape index (κ1) is 20.1. The summed E-state index contributed by atoms with van der Waals surface area (Å²) in [6, 6.07) is 16.1. The van der Waals surface area contributed by atoms with E-state index in [-0.39, 0.29) is 29.5 Å². The van der Waals surface area contributed by atoms with E-state index in [1.807, 2.05) is 37.4 Å². The summed E-state index contributed by atoms with van der Waals surface area (Å²) in [4.78, 5) is 26.9. The highest BCUT2D eigenvalue weighted by Crippen LogP contribution is 2.30. The smallest absolute Gasteiger partial charge is 0.225 e. The summed E-state index contributed by atoms with van der Waals surface area (Å²) in [7, 11) is 1.84. The Balaban J connectivity index is 1.43. The molecule has 2 amide bonds. The van der Waals surface area contributed by atoms with Crippen molar-refractivity contribution in [3.05, 3.63) is 71.5 Å². The lowest BCUT2D eigenvalue weighted by atomic mass is 9.81. The number of benzene rings is 2. The van der Waals surface area contributed by atoms with Crippen molar-refractivity contribution in [2.75, 3.05) is 7.05 Å². The van der Waals surface area contributed by atoms with Crippen molar-refractivity contribution in [2.24, 2.45) is 11.8 Å². The number of hydrogen-bond acceptors (Lipinski definition) is 2. The normalized spacial score (nSPS) is 19.1. The summed E-state index contributed by atoms with van der Waals surface area (Å²) in [5.74, 6) is -0.157. The summed E-state index contributed by atoms with van der Waals surface area (Å²) < 4.78 is 12.9. The van der Waals surface area contributed by atoms with Crippen molar-refractivity contribution in [3.8, 4) is 0 Å². The quantitative estimate of drug-likeness (QED) is 0.824. The lowest BCUT2D eigenvalue weighted by Gasteiger charge is -2.30. The maximum atomic E-state index is 12.9. The van der Waals surface area contributed by atoms with Gasteiger partial charge in [0.25, 0.3) is 0 Å². The molecule has 4 nitrogen and oxygen atoms in total. The fraction of sp³-hybridized carbons (Fsp3) is 0.391. The van der Waals surface area contributed by atoms with Gasteiger partial charge in [-0.3, -0.25) is 9.59 Å². The topological polar surface area (TPSA) is 49.4 Å². The van der Waals surface area contributed by atoms with E-state index in [4.69, 9.17) is 0 Å². The molecule has 0 radical (unpaired) electrons. The summed E-state index contributed by atoms with van der Waals surface area (Å²) in [6.45, 7) is 1.01. The molecule has 1 fully saturated rings. The maximum absolute atomic E-state index is 12.9. The average Bonchev–Trinajstić information content (AvgIpc) is 2.73. The van der Waals surface area contributed by atoms with E-state index in [1.165, 1.54) is 12.1 Å². The van der Waals surface area contributed by atoms with Crippen LogP contribution in [0.2, 0.25) is 0 Å². The fourth-order valence-electron chi connectivity index (χ4n) is 3.79. The van der Waals surface area contributed by atoms with Crippen LogP contribution in [-0.2, 0) is 22.7 Å². The molecule has 0 spiro atoms. The molecule has 0 aliphatic heterocycles. The Bertz CT molecular complexity index is 784. The minimum Gasteiger partial charge on any atom is -0.352 e. The second kappa shape index (κ2) is 9.49. The van der Waals surface area contributed by atoms with Gasteiger partial charge in [0.15, 0.2) is 0 Å². The van der Waals surface area contributed by atoms with Gasteiger partial charge in [0.2, 0.25) is 11.8 Å². The molecule has 0 unspecified atom stereocenters. The Hall–Kier alpha value is -2.69. The van der Waals surface area contributed by atoms with Crippen molar-refractivity contribution < 1.29 is 14.0 Å². The van der Waals surface area contributed by atoms with E-state index in [0.717, 1.165) is 36.8 Å². The molecule has 0 heterocycles. The van der Waals surface area contributed by atoms with Gasteiger partial charge in [0.1, 0.15) is 5.82 Å². The molecule has 2 aromatic carbocycles. The first-order chi connectivity index (χ1) is 13.5. The molecule has 0 bridgehead atoms. The largest absolute Gasteiger partial charge is 0.352 e. The third-order valence-corrected chi connectivity index (χ3v) is 5.47. The first-order valence-corrected chi connectivity index (χ1v) is 9.84. The van der Waals surface area contributed by atoms with Crippen molar-refractivity contribution in [1.82, 2.24) is 10.2 Å². The molecule has 5 heteroatoms. The summed E-state index contributed by atoms with van der Waals surface area (Å²) in [5.41, 5.74) is 1.99. The van der Waals surface area contributed by atoms with Gasteiger partial charge < -0.3 is 10.2 Å². The maximum Gasteiger partial charge on any atom is 0.225 e. The summed E-state index contributed by atoms with van der Waals surface area (Å²) >= 11 is 0. The fourth-order valence-corrected chi connectivity index (χ4v) is 3.79. The molecule has 148 valence electrons. The van der Waals surface area contributed by atoms with Crippen molar-refractivity contribution >= 4 is 11.8 Å². The predicted molar refractivity (Wildman–Crippen MR) is 107 cm³/mol. The minimum atomic E-state index is -0.282. The average molecular weight is 382 g/mol. The Morgan fingerprint density at radius 3 is 2.18 bits per heavy atom. The zero-order valence-electron chi connectivity index (χ0n) is 16.2. The van der Waals surface area contributed by atoms with Crippen LogP contribution in [-0.4, -0.2) is 23.8 Å². The van der Waals surface area contributed by atoms with Gasteiger partial charge in [-0.05, 0) is 48.9 Å². The predicted octanol–water partition coefficient (Wildman–Crippen LogP) is 3.91. The molecule has 0 saturated heterocycles. The van der Waals surface area contributed by atoms with Gasteiger partial charge in [-0.25, -0.2) is 4.39 Å². The number of nitrogens with zero attached hydrogens (tertiary/aromatic N) is 1. The van der Waals surface area contributed by atoms with Gasteiger partial charge in [-0.2, -0.15) is 0 Å². The van der Waals surface area contributed by atoms with Crippen LogP contribution in [0.3, 0.4) is 0 Å². The lowest BCUT2D eigenvalue weighted by molar-refractivity contribution is -0.137. The molecular formula is C23H27FN2O2. The zero-order valence-corrected chi connectivity index (χ0v) is 16.2. The molecule has 0 atom stereocenters. The Labute approximate surface area is 165 Å². The van der Waals surface area contributed by atoms with Crippen LogP contribution in [0.5, 0.6) is 0 Å². The summed E-state index contributed by atoms with van der Waals surface area (Å²) in [5, 5.41) is 2.93. The molecule has 1 N–H and O–H groups in total.